The van der Waals surface area contributed by atoms with Crippen molar-refractivity contribution in [2.24, 2.45) is 0 Å². The first kappa shape index (κ1) is 13.1. The minimum atomic E-state index is -1.42. The Morgan fingerprint density at radius 2 is 1.88 bits per heavy atom. The molecule has 6 nitrogen and oxygen atoms in total. The number of carbonyl (C=O) groups excluding carboxylic acids is 1. The van der Waals surface area contributed by atoms with Crippen LogP contribution in [0.4, 0.5) is 5.69 Å². The zero-order chi connectivity index (χ0) is 13.0. The van der Waals surface area contributed by atoms with E-state index in [1.54, 1.807) is 13.8 Å². The largest absolute Gasteiger partial charge is 0.461 e. The maximum atomic E-state index is 11.4. The monoisotopic (exact) mass is 239 g/mol. The third-order valence-electron chi connectivity index (χ3n) is 1.99. The van der Waals surface area contributed by atoms with Crippen LogP contribution in [0.3, 0.4) is 0 Å². The van der Waals surface area contributed by atoms with Gasteiger partial charge >= 0.3 is 5.97 Å². The Balaban J connectivity index is 2.79. The summed E-state index contributed by atoms with van der Waals surface area (Å²) in [4.78, 5) is 21.2. The topological polar surface area (TPSA) is 89.7 Å². The van der Waals surface area contributed by atoms with Crippen LogP contribution < -0.4 is 0 Å². The summed E-state index contributed by atoms with van der Waals surface area (Å²) in [5.41, 5.74) is 0.166. The highest BCUT2D eigenvalue weighted by molar-refractivity contribution is 5.76. The van der Waals surface area contributed by atoms with E-state index in [-0.39, 0.29) is 17.4 Å². The lowest BCUT2D eigenvalue weighted by atomic mass is 10.1. The molecule has 0 spiro atoms. The van der Waals surface area contributed by atoms with Gasteiger partial charge in [-0.05, 0) is 31.5 Å². The van der Waals surface area contributed by atoms with Crippen LogP contribution in [-0.2, 0) is 9.53 Å². The van der Waals surface area contributed by atoms with Crippen LogP contribution in [0.15, 0.2) is 24.3 Å². The summed E-state index contributed by atoms with van der Waals surface area (Å²) in [5, 5.41) is 20.0. The quantitative estimate of drug-likeness (QED) is 0.489. The maximum absolute atomic E-state index is 11.4. The van der Waals surface area contributed by atoms with E-state index in [9.17, 15) is 20.0 Å². The first-order chi connectivity index (χ1) is 7.91. The molecule has 92 valence electrons. The second-order valence-corrected chi connectivity index (χ2v) is 3.74. The second kappa shape index (κ2) is 5.40. The van der Waals surface area contributed by atoms with Gasteiger partial charge in [0.05, 0.1) is 11.0 Å². The minimum Gasteiger partial charge on any atom is -0.461 e. The van der Waals surface area contributed by atoms with E-state index in [1.807, 2.05) is 0 Å². The number of rotatable bonds is 4. The average molecular weight is 239 g/mol. The summed E-state index contributed by atoms with van der Waals surface area (Å²) in [6.45, 7) is 3.33. The molecule has 0 radical (unpaired) electrons. The number of aliphatic hydroxyl groups excluding tert-OH is 1. The fourth-order valence-electron chi connectivity index (χ4n) is 1.21. The molecule has 0 saturated heterocycles. The predicted octanol–water partition coefficient (Wildman–Crippen LogP) is 1.58. The molecule has 0 fully saturated rings. The van der Waals surface area contributed by atoms with Crippen molar-refractivity contribution in [1.29, 1.82) is 0 Å². The van der Waals surface area contributed by atoms with Crippen LogP contribution in [-0.4, -0.2) is 22.1 Å². The van der Waals surface area contributed by atoms with Crippen LogP contribution in [0.25, 0.3) is 0 Å². The molecule has 1 rings (SSSR count). The zero-order valence-electron chi connectivity index (χ0n) is 9.49. The van der Waals surface area contributed by atoms with Gasteiger partial charge in [0.15, 0.2) is 6.10 Å². The van der Waals surface area contributed by atoms with E-state index < -0.39 is 17.0 Å². The Bertz CT molecular complexity index is 412. The van der Waals surface area contributed by atoms with Crippen molar-refractivity contribution >= 4 is 11.7 Å². The number of benzene rings is 1. The number of esters is 1. The van der Waals surface area contributed by atoms with Crippen molar-refractivity contribution in [3.8, 4) is 0 Å². The molecule has 0 unspecified atom stereocenters. The van der Waals surface area contributed by atoms with Gasteiger partial charge in [-0.25, -0.2) is 4.79 Å². The molecule has 0 bridgehead atoms. The third-order valence-corrected chi connectivity index (χ3v) is 1.99. The highest BCUT2D eigenvalue weighted by Gasteiger charge is 2.20. The summed E-state index contributed by atoms with van der Waals surface area (Å²) in [7, 11) is 0. The van der Waals surface area contributed by atoms with Crippen LogP contribution in [0, 0.1) is 10.1 Å². The van der Waals surface area contributed by atoms with Gasteiger partial charge in [-0.3, -0.25) is 10.1 Å². The molecule has 17 heavy (non-hydrogen) atoms. The molecule has 0 heterocycles. The lowest BCUT2D eigenvalue weighted by Gasteiger charge is -2.12. The van der Waals surface area contributed by atoms with Crippen molar-refractivity contribution in [2.45, 2.75) is 26.1 Å². The number of hydrogen-bond acceptors (Lipinski definition) is 5. The molecular formula is C11H13NO5. The van der Waals surface area contributed by atoms with E-state index in [1.165, 1.54) is 24.3 Å². The number of non-ortho nitro benzene ring substituents is 1. The molecule has 0 saturated carbocycles. The summed E-state index contributed by atoms with van der Waals surface area (Å²) in [6.07, 6.45) is -1.74. The van der Waals surface area contributed by atoms with Crippen LogP contribution >= 0.6 is 0 Å². The van der Waals surface area contributed by atoms with Gasteiger partial charge in [-0.15, -0.1) is 0 Å². The number of nitro groups is 1. The Hall–Kier alpha value is -1.95. The molecule has 0 aliphatic heterocycles. The van der Waals surface area contributed by atoms with Crippen LogP contribution in [0.1, 0.15) is 25.5 Å². The van der Waals surface area contributed by atoms with Crippen molar-refractivity contribution < 1.29 is 19.6 Å². The lowest BCUT2D eigenvalue weighted by Crippen LogP contribution is -2.19. The van der Waals surface area contributed by atoms with Crippen LogP contribution in [0.5, 0.6) is 0 Å². The van der Waals surface area contributed by atoms with Gasteiger partial charge in [0, 0.05) is 12.1 Å². The van der Waals surface area contributed by atoms with Crippen LogP contribution in [0.2, 0.25) is 0 Å². The third kappa shape index (κ3) is 3.53. The number of nitro benzene ring substituents is 1. The molecule has 1 aromatic rings. The minimum absolute atomic E-state index is 0.0989. The van der Waals surface area contributed by atoms with Gasteiger partial charge in [-0.2, -0.15) is 0 Å². The van der Waals surface area contributed by atoms with Gasteiger partial charge in [-0.1, -0.05) is 0 Å². The molecule has 0 amide bonds. The van der Waals surface area contributed by atoms with Gasteiger partial charge < -0.3 is 9.84 Å². The number of hydrogen-bond donors (Lipinski definition) is 1. The molecule has 6 heteroatoms. The molecule has 0 aliphatic carbocycles. The van der Waals surface area contributed by atoms with E-state index >= 15 is 0 Å². The standard InChI is InChI=1S/C11H13NO5/c1-7(2)17-11(14)10(13)8-3-5-9(6-4-8)12(15)16/h3-7,10,13H,1-2H3/t10-/m1/s1. The highest BCUT2D eigenvalue weighted by Crippen LogP contribution is 2.19. The van der Waals surface area contributed by atoms with E-state index in [0.29, 0.717) is 0 Å². The van der Waals surface area contributed by atoms with Gasteiger partial charge in [0.1, 0.15) is 0 Å². The summed E-state index contributed by atoms with van der Waals surface area (Å²) in [5.74, 6) is -0.770. The summed E-state index contributed by atoms with van der Waals surface area (Å²) >= 11 is 0. The fraction of sp³-hybridized carbons (Fsp3) is 0.364. The SMILES string of the molecule is CC(C)OC(=O)[C@H](O)c1ccc([N+](=O)[O-])cc1. The molecule has 1 N–H and O–H groups in total. The molecule has 0 aliphatic rings. The Kier molecular flexibility index (Phi) is 4.17. The van der Waals surface area contributed by atoms with E-state index in [4.69, 9.17) is 4.74 Å². The highest BCUT2D eigenvalue weighted by atomic mass is 16.6. The fourth-order valence-corrected chi connectivity index (χ4v) is 1.21. The average Bonchev–Trinajstić information content (AvgIpc) is 2.27. The number of aliphatic hydroxyl groups is 1. The molecule has 1 aromatic carbocycles. The lowest BCUT2D eigenvalue weighted by molar-refractivity contribution is -0.384. The summed E-state index contributed by atoms with van der Waals surface area (Å²) < 4.78 is 4.82. The van der Waals surface area contributed by atoms with Crippen molar-refractivity contribution in [1.82, 2.24) is 0 Å². The number of carbonyl (C=O) groups is 1. The molecule has 1 atom stereocenters. The van der Waals surface area contributed by atoms with Gasteiger partial charge in [0.25, 0.3) is 5.69 Å². The molecular weight excluding hydrogens is 226 g/mol. The maximum Gasteiger partial charge on any atom is 0.339 e. The Labute approximate surface area is 98.0 Å². The van der Waals surface area contributed by atoms with E-state index in [0.717, 1.165) is 0 Å². The second-order valence-electron chi connectivity index (χ2n) is 3.74. The zero-order valence-corrected chi connectivity index (χ0v) is 9.49. The van der Waals surface area contributed by atoms with Gasteiger partial charge in [0.2, 0.25) is 0 Å². The Morgan fingerprint density at radius 3 is 2.29 bits per heavy atom. The number of ether oxygens (including phenoxy) is 1. The van der Waals surface area contributed by atoms with E-state index in [2.05, 4.69) is 0 Å². The Morgan fingerprint density at radius 1 is 1.35 bits per heavy atom. The van der Waals surface area contributed by atoms with Crippen molar-refractivity contribution in [2.75, 3.05) is 0 Å². The number of nitrogens with zero attached hydrogens (tertiary/aromatic N) is 1. The predicted molar refractivity (Wildman–Crippen MR) is 59.3 cm³/mol. The smallest absolute Gasteiger partial charge is 0.339 e. The summed E-state index contributed by atoms with van der Waals surface area (Å²) in [6, 6.07) is 5.09. The first-order valence-electron chi connectivity index (χ1n) is 5.04. The normalized spacial score (nSPS) is 12.2. The first-order valence-corrected chi connectivity index (χ1v) is 5.04. The van der Waals surface area contributed by atoms with Crippen molar-refractivity contribution in [3.05, 3.63) is 39.9 Å². The molecule has 0 aromatic heterocycles. The van der Waals surface area contributed by atoms with Crippen molar-refractivity contribution in [3.63, 3.8) is 0 Å².